The number of nitrogens with one attached hydrogen (secondary N) is 1. The van der Waals surface area contributed by atoms with Crippen molar-refractivity contribution in [2.75, 3.05) is 6.54 Å². The molecule has 0 aliphatic carbocycles. The fourth-order valence-electron chi connectivity index (χ4n) is 1.25. The Labute approximate surface area is 94.2 Å². The Kier molecular flexibility index (Phi) is 3.66. The highest BCUT2D eigenvalue weighted by atomic mass is 32.2. The lowest BCUT2D eigenvalue weighted by atomic mass is 10.1. The molecule has 0 radical (unpaired) electrons. The predicted octanol–water partition coefficient (Wildman–Crippen LogP) is 0.666. The summed E-state index contributed by atoms with van der Waals surface area (Å²) in [7, 11) is -3.74. The molecular weight excluding hydrogens is 230 g/mol. The number of carbonyl (C=O) groups is 1. The average Bonchev–Trinajstić information content (AvgIpc) is 2.19. The standard InChI is InChI=1S/C10H13NO4S/c1-7-4-3-5-9(8(7)2)16(14,15)11-6-10(12)13/h3-5,11H,6H2,1-2H3,(H,12,13). The molecule has 6 heteroatoms. The molecule has 5 nitrogen and oxygen atoms in total. The Morgan fingerprint density at radius 3 is 2.56 bits per heavy atom. The van der Waals surface area contributed by atoms with E-state index in [1.807, 2.05) is 4.72 Å². The molecule has 0 saturated heterocycles. The van der Waals surface area contributed by atoms with Crippen molar-refractivity contribution < 1.29 is 18.3 Å². The van der Waals surface area contributed by atoms with Gasteiger partial charge in [0.05, 0.1) is 4.90 Å². The fraction of sp³-hybridized carbons (Fsp3) is 0.300. The van der Waals surface area contributed by atoms with Crippen LogP contribution in [0.2, 0.25) is 0 Å². The highest BCUT2D eigenvalue weighted by Crippen LogP contribution is 2.17. The van der Waals surface area contributed by atoms with E-state index in [2.05, 4.69) is 0 Å². The van der Waals surface area contributed by atoms with E-state index in [0.717, 1.165) is 5.56 Å². The molecule has 2 N–H and O–H groups in total. The smallest absolute Gasteiger partial charge is 0.318 e. The minimum absolute atomic E-state index is 0.119. The van der Waals surface area contributed by atoms with Crippen LogP contribution in [-0.4, -0.2) is 26.0 Å². The molecule has 0 aliphatic rings. The Balaban J connectivity index is 3.08. The largest absolute Gasteiger partial charge is 0.480 e. The van der Waals surface area contributed by atoms with Gasteiger partial charge in [-0.15, -0.1) is 0 Å². The van der Waals surface area contributed by atoms with E-state index in [0.29, 0.717) is 5.56 Å². The van der Waals surface area contributed by atoms with Gasteiger partial charge in [0.1, 0.15) is 6.54 Å². The monoisotopic (exact) mass is 243 g/mol. The first-order valence-electron chi connectivity index (χ1n) is 4.62. The van der Waals surface area contributed by atoms with Crippen LogP contribution in [0.3, 0.4) is 0 Å². The quantitative estimate of drug-likeness (QED) is 0.814. The number of benzene rings is 1. The van der Waals surface area contributed by atoms with Gasteiger partial charge in [-0.1, -0.05) is 12.1 Å². The zero-order valence-corrected chi connectivity index (χ0v) is 9.84. The van der Waals surface area contributed by atoms with Crippen LogP contribution < -0.4 is 4.72 Å². The van der Waals surface area contributed by atoms with E-state index in [-0.39, 0.29) is 4.90 Å². The summed E-state index contributed by atoms with van der Waals surface area (Å²) in [5, 5.41) is 8.42. The molecule has 0 fully saturated rings. The number of carboxylic acid groups (broad SMARTS) is 1. The van der Waals surface area contributed by atoms with Crippen molar-refractivity contribution in [3.8, 4) is 0 Å². The lowest BCUT2D eigenvalue weighted by molar-refractivity contribution is -0.135. The molecule has 0 heterocycles. The van der Waals surface area contributed by atoms with Crippen LogP contribution in [0.25, 0.3) is 0 Å². The van der Waals surface area contributed by atoms with Crippen molar-refractivity contribution in [1.29, 1.82) is 0 Å². The zero-order valence-electron chi connectivity index (χ0n) is 9.02. The number of hydrogen-bond acceptors (Lipinski definition) is 3. The molecule has 1 aromatic rings. The molecule has 0 bridgehead atoms. The Hall–Kier alpha value is -1.40. The molecule has 88 valence electrons. The van der Waals surface area contributed by atoms with Crippen molar-refractivity contribution in [2.45, 2.75) is 18.7 Å². The summed E-state index contributed by atoms with van der Waals surface area (Å²) in [4.78, 5) is 10.4. The molecule has 0 amide bonds. The van der Waals surface area contributed by atoms with Crippen LogP contribution in [0, 0.1) is 13.8 Å². The van der Waals surface area contributed by atoms with Gasteiger partial charge in [-0.2, -0.15) is 4.72 Å². The first-order valence-corrected chi connectivity index (χ1v) is 6.10. The van der Waals surface area contributed by atoms with Gasteiger partial charge < -0.3 is 5.11 Å². The van der Waals surface area contributed by atoms with Crippen LogP contribution >= 0.6 is 0 Å². The van der Waals surface area contributed by atoms with Crippen molar-refractivity contribution in [2.24, 2.45) is 0 Å². The fourth-order valence-corrected chi connectivity index (χ4v) is 2.54. The second kappa shape index (κ2) is 4.63. The maximum Gasteiger partial charge on any atom is 0.318 e. The number of rotatable bonds is 4. The second-order valence-electron chi connectivity index (χ2n) is 3.42. The van der Waals surface area contributed by atoms with E-state index >= 15 is 0 Å². The van der Waals surface area contributed by atoms with Crippen LogP contribution in [0.1, 0.15) is 11.1 Å². The molecule has 1 rings (SSSR count). The number of aryl methyl sites for hydroxylation is 1. The maximum absolute atomic E-state index is 11.7. The first-order chi connectivity index (χ1) is 7.34. The molecule has 0 saturated carbocycles. The average molecular weight is 243 g/mol. The third kappa shape index (κ3) is 2.80. The van der Waals surface area contributed by atoms with Gasteiger partial charge in [-0.3, -0.25) is 4.79 Å². The Morgan fingerprint density at radius 1 is 1.38 bits per heavy atom. The highest BCUT2D eigenvalue weighted by Gasteiger charge is 2.17. The molecule has 0 aromatic heterocycles. The van der Waals surface area contributed by atoms with E-state index in [1.165, 1.54) is 6.07 Å². The molecule has 0 aliphatic heterocycles. The van der Waals surface area contributed by atoms with E-state index in [4.69, 9.17) is 5.11 Å². The summed E-state index contributed by atoms with van der Waals surface area (Å²) in [5.41, 5.74) is 1.47. The minimum Gasteiger partial charge on any atom is -0.480 e. The van der Waals surface area contributed by atoms with Crippen LogP contribution in [0.4, 0.5) is 0 Å². The molecular formula is C10H13NO4S. The van der Waals surface area contributed by atoms with Crippen LogP contribution in [0.5, 0.6) is 0 Å². The summed E-state index contributed by atoms with van der Waals surface area (Å²) in [6.07, 6.45) is 0. The second-order valence-corrected chi connectivity index (χ2v) is 5.15. The number of hydrogen-bond donors (Lipinski definition) is 2. The summed E-state index contributed by atoms with van der Waals surface area (Å²) < 4.78 is 25.5. The van der Waals surface area contributed by atoms with E-state index < -0.39 is 22.5 Å². The maximum atomic E-state index is 11.7. The number of carboxylic acids is 1. The Bertz CT molecular complexity index is 508. The molecule has 0 spiro atoms. The van der Waals surface area contributed by atoms with Gasteiger partial charge in [0.15, 0.2) is 0 Å². The lowest BCUT2D eigenvalue weighted by Gasteiger charge is -2.09. The molecule has 0 unspecified atom stereocenters. The number of aliphatic carboxylic acids is 1. The predicted molar refractivity (Wildman–Crippen MR) is 58.7 cm³/mol. The zero-order chi connectivity index (χ0) is 12.3. The molecule has 0 atom stereocenters. The van der Waals surface area contributed by atoms with Gasteiger partial charge in [-0.25, -0.2) is 8.42 Å². The number of sulfonamides is 1. The highest BCUT2D eigenvalue weighted by molar-refractivity contribution is 7.89. The summed E-state index contributed by atoms with van der Waals surface area (Å²) in [6.45, 7) is 2.87. The SMILES string of the molecule is Cc1cccc(S(=O)(=O)NCC(=O)O)c1C. The molecule has 16 heavy (non-hydrogen) atoms. The van der Waals surface area contributed by atoms with Gasteiger partial charge in [-0.05, 0) is 31.0 Å². The topological polar surface area (TPSA) is 83.5 Å². The van der Waals surface area contributed by atoms with Gasteiger partial charge in [0.2, 0.25) is 10.0 Å². The Morgan fingerprint density at radius 2 is 2.00 bits per heavy atom. The minimum atomic E-state index is -3.74. The lowest BCUT2D eigenvalue weighted by Crippen LogP contribution is -2.29. The van der Waals surface area contributed by atoms with Crippen LogP contribution in [-0.2, 0) is 14.8 Å². The van der Waals surface area contributed by atoms with Gasteiger partial charge >= 0.3 is 5.97 Å². The van der Waals surface area contributed by atoms with E-state index in [1.54, 1.807) is 26.0 Å². The van der Waals surface area contributed by atoms with Crippen molar-refractivity contribution in [3.05, 3.63) is 29.3 Å². The van der Waals surface area contributed by atoms with E-state index in [9.17, 15) is 13.2 Å². The summed E-state index contributed by atoms with van der Waals surface area (Å²) in [5.74, 6) is -1.21. The normalized spacial score (nSPS) is 11.4. The first kappa shape index (κ1) is 12.7. The van der Waals surface area contributed by atoms with Crippen molar-refractivity contribution >= 4 is 16.0 Å². The van der Waals surface area contributed by atoms with Crippen LogP contribution in [0.15, 0.2) is 23.1 Å². The third-order valence-corrected chi connectivity index (χ3v) is 3.80. The van der Waals surface area contributed by atoms with Gasteiger partial charge in [0, 0.05) is 0 Å². The third-order valence-electron chi connectivity index (χ3n) is 2.26. The van der Waals surface area contributed by atoms with Crippen molar-refractivity contribution in [1.82, 2.24) is 4.72 Å². The van der Waals surface area contributed by atoms with Gasteiger partial charge in [0.25, 0.3) is 0 Å². The summed E-state index contributed by atoms with van der Waals surface area (Å²) in [6, 6.07) is 4.87. The van der Waals surface area contributed by atoms with Crippen molar-refractivity contribution in [3.63, 3.8) is 0 Å². The summed E-state index contributed by atoms with van der Waals surface area (Å²) >= 11 is 0. The molecule has 1 aromatic carbocycles.